The summed E-state index contributed by atoms with van der Waals surface area (Å²) < 4.78 is 1.35. The maximum atomic E-state index is 13.0. The van der Waals surface area contributed by atoms with Gasteiger partial charge in [0.15, 0.2) is 5.82 Å². The van der Waals surface area contributed by atoms with Crippen LogP contribution in [0.2, 0.25) is 0 Å². The average molecular weight is 445 g/mol. The minimum absolute atomic E-state index is 0.0444. The number of piperazine rings is 1. The van der Waals surface area contributed by atoms with Gasteiger partial charge in [-0.05, 0) is 63.1 Å². The fourth-order valence-electron chi connectivity index (χ4n) is 4.52. The Hall–Kier alpha value is -3.70. The van der Waals surface area contributed by atoms with E-state index >= 15 is 0 Å². The summed E-state index contributed by atoms with van der Waals surface area (Å²) in [5.74, 6) is 0.365. The van der Waals surface area contributed by atoms with Gasteiger partial charge >= 0.3 is 0 Å². The molecule has 1 aromatic carbocycles. The fraction of sp³-hybridized carbons (Fsp3) is 0.360. The topological polar surface area (TPSA) is 98.0 Å². The highest BCUT2D eigenvalue weighted by Crippen LogP contribution is 2.22. The number of carbonyl (C=O) groups excluding carboxylic acids is 1. The molecule has 1 N–H and O–H groups in total. The number of nitrogens with zero attached hydrogens (tertiary/aromatic N) is 5. The summed E-state index contributed by atoms with van der Waals surface area (Å²) in [7, 11) is 0. The zero-order chi connectivity index (χ0) is 23.7. The molecule has 1 saturated heterocycles. The van der Waals surface area contributed by atoms with Crippen molar-refractivity contribution in [3.8, 4) is 23.0 Å². The third-order valence-electron chi connectivity index (χ3n) is 6.27. The number of benzene rings is 1. The quantitative estimate of drug-likeness (QED) is 0.667. The van der Waals surface area contributed by atoms with Gasteiger partial charge in [0, 0.05) is 44.1 Å². The number of hydrogen-bond donors (Lipinski definition) is 1. The van der Waals surface area contributed by atoms with Gasteiger partial charge in [0.05, 0.1) is 22.8 Å². The van der Waals surface area contributed by atoms with E-state index in [0.717, 1.165) is 17.7 Å². The first-order valence-corrected chi connectivity index (χ1v) is 11.1. The van der Waals surface area contributed by atoms with Crippen molar-refractivity contribution in [3.63, 3.8) is 0 Å². The lowest BCUT2D eigenvalue weighted by Crippen LogP contribution is -2.55. The summed E-state index contributed by atoms with van der Waals surface area (Å²) in [5.41, 5.74) is 2.91. The van der Waals surface area contributed by atoms with Crippen LogP contribution in [0.3, 0.4) is 0 Å². The molecular weight excluding hydrogens is 416 g/mol. The van der Waals surface area contributed by atoms with Gasteiger partial charge in [-0.2, -0.15) is 5.26 Å². The number of H-pyrrole nitrogens is 1. The van der Waals surface area contributed by atoms with Crippen LogP contribution < -0.4 is 5.56 Å². The molecule has 0 aliphatic carbocycles. The molecule has 0 bridgehead atoms. The van der Waals surface area contributed by atoms with E-state index in [1.807, 2.05) is 11.8 Å². The van der Waals surface area contributed by atoms with E-state index in [-0.39, 0.29) is 11.5 Å². The predicted octanol–water partition coefficient (Wildman–Crippen LogP) is 2.96. The number of carbonyl (C=O) groups is 1. The molecule has 1 aliphatic heterocycles. The first kappa shape index (κ1) is 22.5. The molecule has 0 radical (unpaired) electrons. The number of nitrogens with one attached hydrogen (secondary N) is 1. The smallest absolute Gasteiger partial charge is 0.280 e. The number of nitriles is 1. The number of amides is 1. The molecule has 8 nitrogen and oxygen atoms in total. The Kier molecular flexibility index (Phi) is 6.16. The Labute approximate surface area is 193 Å². The molecule has 0 spiro atoms. The van der Waals surface area contributed by atoms with E-state index in [2.05, 4.69) is 41.8 Å². The molecular formula is C25H28N6O2. The van der Waals surface area contributed by atoms with Crippen LogP contribution in [0.4, 0.5) is 0 Å². The highest BCUT2D eigenvalue weighted by molar-refractivity contribution is 5.94. The number of aromatic amines is 1. The lowest BCUT2D eigenvalue weighted by atomic mass is 10.0. The molecule has 0 saturated carbocycles. The highest BCUT2D eigenvalue weighted by Gasteiger charge is 2.28. The Morgan fingerprint density at radius 2 is 2.00 bits per heavy atom. The van der Waals surface area contributed by atoms with Crippen molar-refractivity contribution >= 4 is 5.91 Å². The Balaban J connectivity index is 1.53. The van der Waals surface area contributed by atoms with Gasteiger partial charge in [-0.15, -0.1) is 0 Å². The number of aryl methyl sites for hydroxylation is 1. The van der Waals surface area contributed by atoms with Crippen LogP contribution in [0.1, 0.15) is 42.3 Å². The standard InChI is InChI=1S/C25H28N6O2/c1-16(2)30-10-9-29(15-18(30)4)24(32)20-6-8-23(27-13-20)31-25(33)22(14-28-31)21-7-5-19(12-26)11-17(21)3/h5-8,11,13-14,16,18,28H,9-10,15H2,1-4H3/t18-/m1/s1. The molecule has 1 amide bonds. The monoisotopic (exact) mass is 444 g/mol. The summed E-state index contributed by atoms with van der Waals surface area (Å²) in [4.78, 5) is 34.6. The van der Waals surface area contributed by atoms with Crippen LogP contribution in [0.15, 0.2) is 47.5 Å². The van der Waals surface area contributed by atoms with Gasteiger partial charge < -0.3 is 4.90 Å². The van der Waals surface area contributed by atoms with Crippen molar-refractivity contribution in [1.29, 1.82) is 5.26 Å². The van der Waals surface area contributed by atoms with E-state index in [1.165, 1.54) is 10.9 Å². The second kappa shape index (κ2) is 9.04. The molecule has 3 aromatic rings. The van der Waals surface area contributed by atoms with Crippen molar-refractivity contribution in [3.05, 3.63) is 69.8 Å². The van der Waals surface area contributed by atoms with E-state index in [4.69, 9.17) is 5.26 Å². The zero-order valence-corrected chi connectivity index (χ0v) is 19.4. The van der Waals surface area contributed by atoms with Gasteiger partial charge in [0.2, 0.25) is 0 Å². The van der Waals surface area contributed by atoms with Gasteiger partial charge in [-0.25, -0.2) is 9.67 Å². The van der Waals surface area contributed by atoms with Crippen molar-refractivity contribution in [2.45, 2.75) is 39.8 Å². The van der Waals surface area contributed by atoms with Crippen LogP contribution in [0.25, 0.3) is 16.9 Å². The van der Waals surface area contributed by atoms with E-state index in [0.29, 0.717) is 47.7 Å². The second-order valence-corrected chi connectivity index (χ2v) is 8.81. The van der Waals surface area contributed by atoms with Crippen LogP contribution in [0.5, 0.6) is 0 Å². The molecule has 1 atom stereocenters. The third kappa shape index (κ3) is 4.32. The van der Waals surface area contributed by atoms with E-state index < -0.39 is 0 Å². The van der Waals surface area contributed by atoms with Crippen LogP contribution in [-0.2, 0) is 0 Å². The number of pyridine rings is 1. The SMILES string of the molecule is Cc1cc(C#N)ccc1-c1c[nH]n(-c2ccc(C(=O)N3CCN(C(C)C)[C@H](C)C3)cn2)c1=O. The van der Waals surface area contributed by atoms with Crippen molar-refractivity contribution in [1.82, 2.24) is 24.6 Å². The van der Waals surface area contributed by atoms with Gasteiger partial charge in [-0.1, -0.05) is 6.07 Å². The molecule has 2 aromatic heterocycles. The third-order valence-corrected chi connectivity index (χ3v) is 6.27. The van der Waals surface area contributed by atoms with Gasteiger partial charge in [0.25, 0.3) is 11.5 Å². The molecule has 4 rings (SSSR count). The van der Waals surface area contributed by atoms with Crippen molar-refractivity contribution < 1.29 is 4.79 Å². The molecule has 3 heterocycles. The van der Waals surface area contributed by atoms with E-state index in [9.17, 15) is 9.59 Å². The summed E-state index contributed by atoms with van der Waals surface area (Å²) >= 11 is 0. The molecule has 33 heavy (non-hydrogen) atoms. The molecule has 8 heteroatoms. The normalized spacial score (nSPS) is 16.7. The Morgan fingerprint density at radius 1 is 1.21 bits per heavy atom. The molecule has 1 aliphatic rings. The summed E-state index contributed by atoms with van der Waals surface area (Å²) in [6.07, 6.45) is 3.16. The first-order valence-electron chi connectivity index (χ1n) is 11.1. The number of hydrogen-bond acceptors (Lipinski definition) is 5. The zero-order valence-electron chi connectivity index (χ0n) is 19.4. The number of aromatic nitrogens is 3. The average Bonchev–Trinajstić information content (AvgIpc) is 3.19. The van der Waals surface area contributed by atoms with Crippen molar-refractivity contribution in [2.75, 3.05) is 19.6 Å². The second-order valence-electron chi connectivity index (χ2n) is 8.81. The summed E-state index contributed by atoms with van der Waals surface area (Å²) in [5, 5.41) is 12.0. The summed E-state index contributed by atoms with van der Waals surface area (Å²) in [6, 6.07) is 11.5. The van der Waals surface area contributed by atoms with Gasteiger partial charge in [0.1, 0.15) is 0 Å². The first-order chi connectivity index (χ1) is 15.8. The minimum Gasteiger partial charge on any atom is -0.336 e. The van der Waals surface area contributed by atoms with Crippen LogP contribution in [-0.4, -0.2) is 62.2 Å². The molecule has 170 valence electrons. The lowest BCUT2D eigenvalue weighted by Gasteiger charge is -2.42. The predicted molar refractivity (Wildman–Crippen MR) is 126 cm³/mol. The molecule has 1 fully saturated rings. The van der Waals surface area contributed by atoms with Crippen LogP contribution in [0, 0.1) is 18.3 Å². The minimum atomic E-state index is -0.243. The molecule has 0 unspecified atom stereocenters. The Morgan fingerprint density at radius 3 is 2.61 bits per heavy atom. The summed E-state index contributed by atoms with van der Waals surface area (Å²) in [6.45, 7) is 10.6. The Bertz CT molecular complexity index is 1270. The lowest BCUT2D eigenvalue weighted by molar-refractivity contribution is 0.0426. The number of rotatable bonds is 4. The van der Waals surface area contributed by atoms with Crippen molar-refractivity contribution in [2.24, 2.45) is 0 Å². The van der Waals surface area contributed by atoms with Gasteiger partial charge in [-0.3, -0.25) is 19.6 Å². The largest absolute Gasteiger partial charge is 0.336 e. The maximum absolute atomic E-state index is 13.0. The highest BCUT2D eigenvalue weighted by atomic mass is 16.2. The maximum Gasteiger partial charge on any atom is 0.280 e. The van der Waals surface area contributed by atoms with E-state index in [1.54, 1.807) is 36.5 Å². The fourth-order valence-corrected chi connectivity index (χ4v) is 4.52. The van der Waals surface area contributed by atoms with Crippen LogP contribution >= 0.6 is 0 Å².